The van der Waals surface area contributed by atoms with Crippen LogP contribution in [-0.4, -0.2) is 34.0 Å². The summed E-state index contributed by atoms with van der Waals surface area (Å²) in [6, 6.07) is 6.63. The lowest BCUT2D eigenvalue weighted by atomic mass is 10.1. The molecule has 0 saturated heterocycles. The van der Waals surface area contributed by atoms with Crippen molar-refractivity contribution in [3.8, 4) is 0 Å². The molecule has 1 aromatic carbocycles. The molecule has 0 saturated carbocycles. The molecule has 0 heterocycles. The minimum absolute atomic E-state index is 0. The highest BCUT2D eigenvalue weighted by atomic mass is 127. The molecular formula is C15H27IN4O2S. The molecule has 0 fully saturated rings. The average molecular weight is 454 g/mol. The van der Waals surface area contributed by atoms with Crippen molar-refractivity contribution in [3.63, 3.8) is 0 Å². The fourth-order valence-corrected chi connectivity index (χ4v) is 2.38. The summed E-state index contributed by atoms with van der Waals surface area (Å²) in [5.74, 6) is 0.817. The van der Waals surface area contributed by atoms with Crippen LogP contribution in [0, 0.1) is 0 Å². The van der Waals surface area contributed by atoms with Gasteiger partial charge in [0.05, 0.1) is 4.90 Å². The van der Waals surface area contributed by atoms with Crippen molar-refractivity contribution in [2.24, 2.45) is 10.1 Å². The molecule has 0 aliphatic heterocycles. The van der Waals surface area contributed by atoms with Gasteiger partial charge in [0.2, 0.25) is 10.0 Å². The van der Waals surface area contributed by atoms with E-state index in [-0.39, 0.29) is 28.9 Å². The van der Waals surface area contributed by atoms with Crippen LogP contribution in [0.5, 0.6) is 0 Å². The molecule has 4 N–H and O–H groups in total. The number of guanidine groups is 1. The Hall–Kier alpha value is -0.870. The second-order valence-electron chi connectivity index (χ2n) is 4.98. The zero-order valence-electron chi connectivity index (χ0n) is 13.7. The van der Waals surface area contributed by atoms with Crippen LogP contribution in [0.4, 0.5) is 0 Å². The van der Waals surface area contributed by atoms with Gasteiger partial charge in [0.25, 0.3) is 0 Å². The number of aliphatic imine (C=N–C) groups is 1. The third-order valence-electron chi connectivity index (χ3n) is 3.08. The van der Waals surface area contributed by atoms with Crippen molar-refractivity contribution < 1.29 is 8.42 Å². The van der Waals surface area contributed by atoms with Crippen molar-refractivity contribution in [2.75, 3.05) is 19.6 Å². The number of unbranched alkanes of at least 4 members (excludes halogenated alkanes) is 1. The zero-order chi connectivity index (χ0) is 16.4. The van der Waals surface area contributed by atoms with Crippen LogP contribution in [-0.2, 0) is 16.4 Å². The number of hydrogen-bond acceptors (Lipinski definition) is 3. The topological polar surface area (TPSA) is 96.6 Å². The van der Waals surface area contributed by atoms with E-state index in [2.05, 4.69) is 22.5 Å². The number of hydrogen-bond donors (Lipinski definition) is 3. The van der Waals surface area contributed by atoms with Crippen molar-refractivity contribution >= 4 is 40.0 Å². The number of benzene rings is 1. The summed E-state index contributed by atoms with van der Waals surface area (Å²) in [4.78, 5) is 4.62. The van der Waals surface area contributed by atoms with E-state index in [0.29, 0.717) is 0 Å². The van der Waals surface area contributed by atoms with Crippen molar-refractivity contribution in [1.82, 2.24) is 10.6 Å². The molecule has 0 aliphatic carbocycles. The average Bonchev–Trinajstić information content (AvgIpc) is 2.47. The lowest BCUT2D eigenvalue weighted by Crippen LogP contribution is -2.38. The smallest absolute Gasteiger partial charge is 0.238 e. The van der Waals surface area contributed by atoms with E-state index in [0.717, 1.165) is 50.4 Å². The number of sulfonamides is 1. The minimum atomic E-state index is -3.62. The standard InChI is InChI=1S/C15H26N4O2S.HI/c1-3-5-11-18-15(17-4-2)19-12-10-13-6-8-14(9-7-13)22(16,20)21;/h6-9H,3-5,10-12H2,1-2H3,(H2,16,20,21)(H2,17,18,19);1H. The maximum Gasteiger partial charge on any atom is 0.238 e. The van der Waals surface area contributed by atoms with Crippen LogP contribution in [0.25, 0.3) is 0 Å². The third-order valence-corrected chi connectivity index (χ3v) is 4.01. The Morgan fingerprint density at radius 2 is 1.83 bits per heavy atom. The Kier molecular flexibility index (Phi) is 11.2. The number of halogens is 1. The molecule has 0 bridgehead atoms. The number of primary sulfonamides is 1. The molecule has 0 amide bonds. The van der Waals surface area contributed by atoms with Gasteiger partial charge in [-0.2, -0.15) is 0 Å². The molecule has 132 valence electrons. The van der Waals surface area contributed by atoms with E-state index in [1.165, 1.54) is 12.1 Å². The van der Waals surface area contributed by atoms with Crippen LogP contribution < -0.4 is 15.8 Å². The summed E-state index contributed by atoms with van der Waals surface area (Å²) in [5.41, 5.74) is 1.05. The number of nitrogens with two attached hydrogens (primary N) is 1. The highest BCUT2D eigenvalue weighted by Gasteiger charge is 2.06. The second kappa shape index (κ2) is 11.6. The molecule has 1 aromatic rings. The predicted molar refractivity (Wildman–Crippen MR) is 106 cm³/mol. The predicted octanol–water partition coefficient (Wildman–Crippen LogP) is 1.85. The van der Waals surface area contributed by atoms with Crippen LogP contribution >= 0.6 is 24.0 Å². The first kappa shape index (κ1) is 22.1. The second-order valence-corrected chi connectivity index (χ2v) is 6.54. The van der Waals surface area contributed by atoms with Crippen LogP contribution in [0.1, 0.15) is 32.3 Å². The van der Waals surface area contributed by atoms with Gasteiger partial charge < -0.3 is 10.6 Å². The molecule has 1 rings (SSSR count). The normalized spacial score (nSPS) is 11.7. The number of nitrogens with one attached hydrogen (secondary N) is 2. The van der Waals surface area contributed by atoms with Gasteiger partial charge in [-0.05, 0) is 37.5 Å². The first-order valence-electron chi connectivity index (χ1n) is 7.61. The Bertz CT molecular complexity index is 574. The Morgan fingerprint density at radius 3 is 2.35 bits per heavy atom. The lowest BCUT2D eigenvalue weighted by Gasteiger charge is -2.11. The molecule has 23 heavy (non-hydrogen) atoms. The molecule has 0 atom stereocenters. The van der Waals surface area contributed by atoms with Gasteiger partial charge in [-0.15, -0.1) is 24.0 Å². The van der Waals surface area contributed by atoms with Gasteiger partial charge in [0.1, 0.15) is 0 Å². The van der Waals surface area contributed by atoms with E-state index < -0.39 is 10.0 Å². The zero-order valence-corrected chi connectivity index (χ0v) is 16.9. The molecule has 6 nitrogen and oxygen atoms in total. The molecule has 0 radical (unpaired) electrons. The lowest BCUT2D eigenvalue weighted by molar-refractivity contribution is 0.598. The summed E-state index contributed by atoms with van der Waals surface area (Å²) < 4.78 is 22.4. The van der Waals surface area contributed by atoms with Gasteiger partial charge in [0, 0.05) is 19.6 Å². The van der Waals surface area contributed by atoms with E-state index in [1.807, 2.05) is 6.92 Å². The number of nitrogens with zero attached hydrogens (tertiary/aromatic N) is 1. The van der Waals surface area contributed by atoms with Crippen LogP contribution in [0.2, 0.25) is 0 Å². The quantitative estimate of drug-likeness (QED) is 0.242. The molecule has 8 heteroatoms. The van der Waals surface area contributed by atoms with Crippen molar-refractivity contribution in [2.45, 2.75) is 38.0 Å². The molecule has 0 aromatic heterocycles. The summed E-state index contributed by atoms with van der Waals surface area (Å²) in [7, 11) is -3.62. The monoisotopic (exact) mass is 454 g/mol. The fourth-order valence-electron chi connectivity index (χ4n) is 1.86. The van der Waals surface area contributed by atoms with Crippen LogP contribution in [0.3, 0.4) is 0 Å². The summed E-state index contributed by atoms with van der Waals surface area (Å²) in [6.07, 6.45) is 2.98. The van der Waals surface area contributed by atoms with Gasteiger partial charge in [0.15, 0.2) is 5.96 Å². The Balaban J connectivity index is 0.00000484. The van der Waals surface area contributed by atoms with Crippen molar-refractivity contribution in [1.29, 1.82) is 0 Å². The van der Waals surface area contributed by atoms with Gasteiger partial charge in [-0.25, -0.2) is 13.6 Å². The summed E-state index contributed by atoms with van der Waals surface area (Å²) in [6.45, 7) is 6.53. The van der Waals surface area contributed by atoms with E-state index >= 15 is 0 Å². The fraction of sp³-hybridized carbons (Fsp3) is 0.533. The molecule has 0 spiro atoms. The van der Waals surface area contributed by atoms with Crippen molar-refractivity contribution in [3.05, 3.63) is 29.8 Å². The first-order chi connectivity index (χ1) is 10.5. The van der Waals surface area contributed by atoms with E-state index in [1.54, 1.807) is 12.1 Å². The Labute approximate surface area is 156 Å². The molecular weight excluding hydrogens is 427 g/mol. The van der Waals surface area contributed by atoms with Gasteiger partial charge in [-0.3, -0.25) is 4.99 Å². The molecule has 0 unspecified atom stereocenters. The summed E-state index contributed by atoms with van der Waals surface area (Å²) >= 11 is 0. The third kappa shape index (κ3) is 9.11. The van der Waals surface area contributed by atoms with Gasteiger partial charge >= 0.3 is 0 Å². The maximum absolute atomic E-state index is 11.2. The molecule has 0 aliphatic rings. The van der Waals surface area contributed by atoms with E-state index in [9.17, 15) is 8.42 Å². The largest absolute Gasteiger partial charge is 0.357 e. The maximum atomic E-state index is 11.2. The highest BCUT2D eigenvalue weighted by Crippen LogP contribution is 2.08. The van der Waals surface area contributed by atoms with Crippen LogP contribution in [0.15, 0.2) is 34.2 Å². The summed E-state index contributed by atoms with van der Waals surface area (Å²) in [5, 5.41) is 11.5. The van der Waals surface area contributed by atoms with E-state index in [4.69, 9.17) is 5.14 Å². The Morgan fingerprint density at radius 1 is 1.17 bits per heavy atom. The number of rotatable bonds is 8. The van der Waals surface area contributed by atoms with Gasteiger partial charge in [-0.1, -0.05) is 25.5 Å². The first-order valence-corrected chi connectivity index (χ1v) is 9.16. The highest BCUT2D eigenvalue weighted by molar-refractivity contribution is 14.0. The minimum Gasteiger partial charge on any atom is -0.357 e. The SMILES string of the molecule is CCCCN=C(NCC)NCCc1ccc(S(N)(=O)=O)cc1.I.